The van der Waals surface area contributed by atoms with Gasteiger partial charge in [-0.3, -0.25) is 20.0 Å². The molecule has 5 heterocycles. The van der Waals surface area contributed by atoms with E-state index in [0.29, 0.717) is 23.6 Å². The number of ether oxygens (including phenoxy) is 2. The van der Waals surface area contributed by atoms with Gasteiger partial charge in [-0.25, -0.2) is 4.39 Å². The number of rotatable bonds is 9. The van der Waals surface area contributed by atoms with Crippen LogP contribution in [-0.4, -0.2) is 62.4 Å². The van der Waals surface area contributed by atoms with Crippen molar-refractivity contribution < 1.29 is 13.9 Å². The molecule has 2 aromatic carbocycles. The van der Waals surface area contributed by atoms with E-state index < -0.39 is 0 Å². The number of nitrogens with one attached hydrogen (secondary N) is 2. The third-order valence-corrected chi connectivity index (χ3v) is 9.29. The first-order valence-corrected chi connectivity index (χ1v) is 16.4. The topological polar surface area (TPSA) is 92.0 Å². The molecule has 2 aliphatic rings. The number of hydrogen-bond donors (Lipinski definition) is 2. The molecule has 0 bridgehead atoms. The number of likely N-dealkylation sites (tertiary alicyclic amines) is 1. The lowest BCUT2D eigenvalue weighted by atomic mass is 9.98. The van der Waals surface area contributed by atoms with Gasteiger partial charge in [0.25, 0.3) is 0 Å². The van der Waals surface area contributed by atoms with Gasteiger partial charge in [0.05, 0.1) is 29.2 Å². The Labute approximate surface area is 267 Å². The number of hydrogen-bond acceptors (Lipinski definition) is 6. The minimum Gasteiger partial charge on any atom is -0.492 e. The number of halogens is 1. The van der Waals surface area contributed by atoms with E-state index in [4.69, 9.17) is 9.47 Å². The Kier molecular flexibility index (Phi) is 7.83. The first-order chi connectivity index (χ1) is 22.7. The number of aromatic nitrogens is 5. The van der Waals surface area contributed by atoms with Gasteiger partial charge in [0.2, 0.25) is 0 Å². The summed E-state index contributed by atoms with van der Waals surface area (Å²) >= 11 is 0. The van der Waals surface area contributed by atoms with Crippen molar-refractivity contribution >= 4 is 21.8 Å². The lowest BCUT2D eigenvalue weighted by molar-refractivity contribution is 0.154. The minimum atomic E-state index is -0.350. The highest BCUT2D eigenvalue weighted by atomic mass is 19.1. The molecule has 6 aromatic rings. The second-order valence-electron chi connectivity index (χ2n) is 12.5. The van der Waals surface area contributed by atoms with Gasteiger partial charge < -0.3 is 14.5 Å². The van der Waals surface area contributed by atoms with Crippen molar-refractivity contribution in [1.82, 2.24) is 30.0 Å². The average molecular weight is 617 g/mol. The number of nitrogens with zero attached hydrogens (tertiary/aromatic N) is 4. The van der Waals surface area contributed by atoms with E-state index >= 15 is 0 Å². The number of pyridine rings is 2. The van der Waals surface area contributed by atoms with Crippen molar-refractivity contribution in [2.75, 3.05) is 26.2 Å². The highest BCUT2D eigenvalue weighted by Crippen LogP contribution is 2.36. The van der Waals surface area contributed by atoms with Crippen LogP contribution >= 0.6 is 0 Å². The van der Waals surface area contributed by atoms with Crippen LogP contribution in [0.15, 0.2) is 73.2 Å². The molecule has 0 radical (unpaired) electrons. The third kappa shape index (κ3) is 5.95. The summed E-state index contributed by atoms with van der Waals surface area (Å²) in [5, 5.41) is 9.73. The van der Waals surface area contributed by atoms with Crippen LogP contribution in [0.25, 0.3) is 55.6 Å². The predicted molar refractivity (Wildman–Crippen MR) is 178 cm³/mol. The SMILES string of the molecule is Fc1cc(OCCN2CCCC2)cc(-c2nccc3[nH]c(-c4n[nH]c5ccc(-c6cncc(OC7CCCCC7)c6)cc45)cc23)c1. The smallest absolute Gasteiger partial charge is 0.138 e. The lowest BCUT2D eigenvalue weighted by Gasteiger charge is -2.23. The van der Waals surface area contributed by atoms with E-state index in [1.54, 1.807) is 12.4 Å². The van der Waals surface area contributed by atoms with Gasteiger partial charge in [-0.1, -0.05) is 12.5 Å². The minimum absolute atomic E-state index is 0.265. The van der Waals surface area contributed by atoms with Crippen LogP contribution in [0.2, 0.25) is 0 Å². The second-order valence-corrected chi connectivity index (χ2v) is 12.5. The fourth-order valence-corrected chi connectivity index (χ4v) is 6.91. The molecule has 2 N–H and O–H groups in total. The quantitative estimate of drug-likeness (QED) is 0.170. The summed E-state index contributed by atoms with van der Waals surface area (Å²) in [6, 6.07) is 17.1. The normalized spacial score (nSPS) is 16.0. The van der Waals surface area contributed by atoms with E-state index in [2.05, 4.69) is 48.2 Å². The molecule has 4 aromatic heterocycles. The van der Waals surface area contributed by atoms with Crippen LogP contribution in [0.3, 0.4) is 0 Å². The Hall–Kier alpha value is -4.76. The Morgan fingerprint density at radius 2 is 1.63 bits per heavy atom. The average Bonchev–Trinajstić information content (AvgIpc) is 3.85. The van der Waals surface area contributed by atoms with Gasteiger partial charge in [-0.15, -0.1) is 0 Å². The van der Waals surface area contributed by atoms with E-state index in [-0.39, 0.29) is 11.9 Å². The first kappa shape index (κ1) is 28.7. The molecule has 2 fully saturated rings. The van der Waals surface area contributed by atoms with Crippen molar-refractivity contribution in [3.63, 3.8) is 0 Å². The molecule has 1 aliphatic heterocycles. The van der Waals surface area contributed by atoms with Crippen LogP contribution in [0.4, 0.5) is 4.39 Å². The molecule has 8 nitrogen and oxygen atoms in total. The summed E-state index contributed by atoms with van der Waals surface area (Å²) in [4.78, 5) is 15.1. The maximum atomic E-state index is 14.8. The Bertz CT molecular complexity index is 1990. The summed E-state index contributed by atoms with van der Waals surface area (Å²) < 4.78 is 27.1. The molecule has 0 atom stereocenters. The van der Waals surface area contributed by atoms with Gasteiger partial charge in [0, 0.05) is 52.4 Å². The van der Waals surface area contributed by atoms with Crippen LogP contribution < -0.4 is 9.47 Å². The van der Waals surface area contributed by atoms with Crippen molar-refractivity contribution in [3.8, 4) is 45.3 Å². The van der Waals surface area contributed by atoms with Crippen molar-refractivity contribution in [2.24, 2.45) is 0 Å². The zero-order valence-electron chi connectivity index (χ0n) is 25.8. The Morgan fingerprint density at radius 3 is 2.52 bits per heavy atom. The maximum Gasteiger partial charge on any atom is 0.138 e. The fourth-order valence-electron chi connectivity index (χ4n) is 6.91. The molecule has 0 spiro atoms. The van der Waals surface area contributed by atoms with Gasteiger partial charge in [-0.05, 0) is 99.6 Å². The van der Waals surface area contributed by atoms with Gasteiger partial charge in [0.1, 0.15) is 29.6 Å². The molecular formula is C37H37FN6O2. The highest BCUT2D eigenvalue weighted by Gasteiger charge is 2.18. The van der Waals surface area contributed by atoms with Crippen molar-refractivity contribution in [1.29, 1.82) is 0 Å². The molecular weight excluding hydrogens is 579 g/mol. The molecule has 0 amide bonds. The van der Waals surface area contributed by atoms with Crippen LogP contribution in [-0.2, 0) is 0 Å². The van der Waals surface area contributed by atoms with Gasteiger partial charge >= 0.3 is 0 Å². The van der Waals surface area contributed by atoms with Crippen molar-refractivity contribution in [2.45, 2.75) is 51.0 Å². The largest absolute Gasteiger partial charge is 0.492 e. The third-order valence-electron chi connectivity index (χ3n) is 9.29. The fraction of sp³-hybridized carbons (Fsp3) is 0.324. The molecule has 0 unspecified atom stereocenters. The molecule has 234 valence electrons. The summed E-state index contributed by atoms with van der Waals surface area (Å²) in [7, 11) is 0. The van der Waals surface area contributed by atoms with Crippen LogP contribution in [0.1, 0.15) is 44.9 Å². The van der Waals surface area contributed by atoms with Crippen LogP contribution in [0, 0.1) is 5.82 Å². The standard InChI is InChI=1S/C37H37FN6O2/c38-27-16-25(17-29(20-27)45-15-14-44-12-4-5-13-44)36-32-21-35(41-33(32)10-11-40-36)37-31-19-24(8-9-34(31)42-43-37)26-18-30(23-39-22-26)46-28-6-2-1-3-7-28/h8-11,16-23,28,41H,1-7,12-15H2,(H,42,43). The summed E-state index contributed by atoms with van der Waals surface area (Å²) in [6.45, 7) is 3.57. The molecule has 1 saturated heterocycles. The van der Waals surface area contributed by atoms with E-state index in [9.17, 15) is 4.39 Å². The summed E-state index contributed by atoms with van der Waals surface area (Å²) in [5.41, 5.74) is 6.85. The molecule has 9 heteroatoms. The number of H-pyrrole nitrogens is 2. The highest BCUT2D eigenvalue weighted by molar-refractivity contribution is 6.01. The van der Waals surface area contributed by atoms with E-state index in [0.717, 1.165) is 82.5 Å². The van der Waals surface area contributed by atoms with E-state index in [1.165, 1.54) is 44.2 Å². The summed E-state index contributed by atoms with van der Waals surface area (Å²) in [6.07, 6.45) is 14.1. The molecule has 1 aliphatic carbocycles. The lowest BCUT2D eigenvalue weighted by Crippen LogP contribution is -2.25. The Balaban J connectivity index is 1.08. The van der Waals surface area contributed by atoms with E-state index in [1.807, 2.05) is 30.5 Å². The predicted octanol–water partition coefficient (Wildman–Crippen LogP) is 8.16. The van der Waals surface area contributed by atoms with Gasteiger partial charge in [-0.2, -0.15) is 5.10 Å². The maximum absolute atomic E-state index is 14.8. The zero-order valence-corrected chi connectivity index (χ0v) is 25.8. The molecule has 1 saturated carbocycles. The molecule has 46 heavy (non-hydrogen) atoms. The first-order valence-electron chi connectivity index (χ1n) is 16.4. The summed E-state index contributed by atoms with van der Waals surface area (Å²) in [5.74, 6) is 0.971. The monoisotopic (exact) mass is 616 g/mol. The Morgan fingerprint density at radius 1 is 0.783 bits per heavy atom. The number of aromatic amines is 2. The zero-order chi connectivity index (χ0) is 30.9. The number of benzene rings is 2. The van der Waals surface area contributed by atoms with Gasteiger partial charge in [0.15, 0.2) is 0 Å². The van der Waals surface area contributed by atoms with Crippen molar-refractivity contribution in [3.05, 3.63) is 79.0 Å². The number of fused-ring (bicyclic) bond motifs is 2. The van der Waals surface area contributed by atoms with Crippen LogP contribution in [0.5, 0.6) is 11.5 Å². The second kappa shape index (κ2) is 12.6. The molecule has 8 rings (SSSR count).